The molecule has 1 saturated carbocycles. The Labute approximate surface area is 235 Å². The Kier molecular flexibility index (Phi) is 8.84. The fourth-order valence-corrected chi connectivity index (χ4v) is 4.80. The average Bonchev–Trinajstić information content (AvgIpc) is 3.32. The van der Waals surface area contributed by atoms with Crippen LogP contribution in [0.25, 0.3) is 0 Å². The third-order valence-electron chi connectivity index (χ3n) is 6.49. The number of aromatic nitrogens is 1. The number of rotatable bonds is 11. The number of nitrogens with two attached hydrogens (primary N) is 1. The average molecular weight is 572 g/mol. The number of amides is 2. The van der Waals surface area contributed by atoms with Gasteiger partial charge < -0.3 is 25.4 Å². The summed E-state index contributed by atoms with van der Waals surface area (Å²) in [6, 6.07) is 8.91. The summed E-state index contributed by atoms with van der Waals surface area (Å²) < 4.78 is 10.7. The summed E-state index contributed by atoms with van der Waals surface area (Å²) in [7, 11) is 0. The lowest BCUT2D eigenvalue weighted by molar-refractivity contribution is -0.187. The van der Waals surface area contributed by atoms with E-state index in [-0.39, 0.29) is 48.1 Å². The third kappa shape index (κ3) is 7.02. The van der Waals surface area contributed by atoms with E-state index < -0.39 is 35.0 Å². The van der Waals surface area contributed by atoms with Gasteiger partial charge >= 0.3 is 12.1 Å². The predicted octanol–water partition coefficient (Wildman–Crippen LogP) is 2.91. The highest BCUT2D eigenvalue weighted by Gasteiger charge is 2.50. The number of thiazole rings is 1. The topological polar surface area (TPSA) is 171 Å². The fourth-order valence-electron chi connectivity index (χ4n) is 4.12. The summed E-state index contributed by atoms with van der Waals surface area (Å²) in [6.45, 7) is 5.44. The number of oxime groups is 1. The van der Waals surface area contributed by atoms with Crippen LogP contribution in [-0.2, 0) is 35.3 Å². The zero-order chi connectivity index (χ0) is 28.9. The fraction of sp³-hybridized carbons (Fsp3) is 0.481. The maximum atomic E-state index is 13.4. The Morgan fingerprint density at radius 3 is 2.55 bits per heavy atom. The minimum Gasteiger partial charge on any atom is -0.458 e. The van der Waals surface area contributed by atoms with Gasteiger partial charge in [0, 0.05) is 31.2 Å². The summed E-state index contributed by atoms with van der Waals surface area (Å²) in [4.78, 5) is 60.7. The summed E-state index contributed by atoms with van der Waals surface area (Å²) in [5, 5.41) is 11.0. The van der Waals surface area contributed by atoms with Gasteiger partial charge in [0.05, 0.1) is 12.0 Å². The van der Waals surface area contributed by atoms with E-state index in [1.807, 2.05) is 30.3 Å². The van der Waals surface area contributed by atoms with E-state index in [1.165, 1.54) is 5.38 Å². The zero-order valence-electron chi connectivity index (χ0n) is 22.6. The SMILES string of the molecule is CC(C)(C)OC(=O)Nc1nc(/C(=N/OC2(C(=O)OCc3ccccc3)CCC2)C(=O)C[C@@H]2C(=O)N[C@@H]2CN)cs1. The van der Waals surface area contributed by atoms with Crippen molar-refractivity contribution in [2.45, 2.75) is 70.3 Å². The number of ether oxygens (including phenoxy) is 2. The quantitative estimate of drug-likeness (QED) is 0.159. The van der Waals surface area contributed by atoms with E-state index in [0.29, 0.717) is 12.8 Å². The molecule has 0 radical (unpaired) electrons. The van der Waals surface area contributed by atoms with Crippen molar-refractivity contribution in [3.8, 4) is 0 Å². The van der Waals surface area contributed by atoms with Crippen LogP contribution in [0.5, 0.6) is 0 Å². The van der Waals surface area contributed by atoms with E-state index in [9.17, 15) is 19.2 Å². The van der Waals surface area contributed by atoms with Crippen molar-refractivity contribution in [2.75, 3.05) is 11.9 Å². The van der Waals surface area contributed by atoms with Gasteiger partial charge in [-0.2, -0.15) is 0 Å². The van der Waals surface area contributed by atoms with Gasteiger partial charge in [0.2, 0.25) is 11.5 Å². The molecule has 1 aliphatic carbocycles. The van der Waals surface area contributed by atoms with Crippen molar-refractivity contribution in [1.29, 1.82) is 0 Å². The van der Waals surface area contributed by atoms with Crippen molar-refractivity contribution in [3.05, 3.63) is 47.0 Å². The molecule has 40 heavy (non-hydrogen) atoms. The van der Waals surface area contributed by atoms with E-state index in [1.54, 1.807) is 20.8 Å². The third-order valence-corrected chi connectivity index (χ3v) is 7.24. The van der Waals surface area contributed by atoms with Crippen LogP contribution in [0.1, 0.15) is 57.7 Å². The predicted molar refractivity (Wildman–Crippen MR) is 147 cm³/mol. The number of nitrogens with one attached hydrogen (secondary N) is 2. The monoisotopic (exact) mass is 571 g/mol. The summed E-state index contributed by atoms with van der Waals surface area (Å²) in [5.41, 5.74) is 4.42. The molecule has 12 nitrogen and oxygen atoms in total. The van der Waals surface area contributed by atoms with Crippen LogP contribution >= 0.6 is 11.3 Å². The molecule has 0 bridgehead atoms. The van der Waals surface area contributed by atoms with Gasteiger partial charge in [-0.3, -0.25) is 14.9 Å². The highest BCUT2D eigenvalue weighted by atomic mass is 32.1. The number of ketones is 1. The standard InChI is InChI=1S/C27H33N5O7S/c1-26(2,3)38-25(36)31-24-30-19(15-40-24)21(20(33)12-17-18(13-28)29-22(17)34)32-39-27(10-7-11-27)23(35)37-14-16-8-5-4-6-9-16/h4-6,8-9,15,17-18H,7,10-14,28H2,1-3H3,(H,29,34)(H,30,31,36)/b32-21-/t17-,18+/m0/s1. The second-order valence-electron chi connectivity index (χ2n) is 10.7. The van der Waals surface area contributed by atoms with Crippen molar-refractivity contribution < 1.29 is 33.5 Å². The first-order chi connectivity index (χ1) is 19.0. The molecule has 2 amide bonds. The number of Topliss-reactive ketones (excluding diaryl/α,β-unsaturated/α-hetero) is 1. The summed E-state index contributed by atoms with van der Waals surface area (Å²) >= 11 is 1.06. The number of anilines is 1. The maximum absolute atomic E-state index is 13.4. The summed E-state index contributed by atoms with van der Waals surface area (Å²) in [6.07, 6.45) is 0.581. The maximum Gasteiger partial charge on any atom is 0.413 e. The molecule has 4 rings (SSSR count). The smallest absolute Gasteiger partial charge is 0.413 e. The van der Waals surface area contributed by atoms with Crippen LogP contribution in [0.3, 0.4) is 0 Å². The van der Waals surface area contributed by atoms with E-state index >= 15 is 0 Å². The number of hydrogen-bond acceptors (Lipinski definition) is 11. The molecule has 0 unspecified atom stereocenters. The molecule has 0 spiro atoms. The minimum absolute atomic E-state index is 0.0728. The first-order valence-electron chi connectivity index (χ1n) is 13.0. The molecule has 2 heterocycles. The van der Waals surface area contributed by atoms with Crippen molar-refractivity contribution >= 4 is 45.9 Å². The second kappa shape index (κ2) is 12.1. The Morgan fingerprint density at radius 2 is 1.95 bits per heavy atom. The van der Waals surface area contributed by atoms with Crippen LogP contribution in [0.4, 0.5) is 9.93 Å². The normalized spacial score (nSPS) is 19.9. The van der Waals surface area contributed by atoms with Gasteiger partial charge in [-0.15, -0.1) is 11.3 Å². The lowest BCUT2D eigenvalue weighted by Gasteiger charge is -2.36. The van der Waals surface area contributed by atoms with Crippen molar-refractivity contribution in [2.24, 2.45) is 16.8 Å². The number of β-lactam (4-membered cyclic amide) rings is 1. The molecule has 13 heteroatoms. The van der Waals surface area contributed by atoms with Gasteiger partial charge in [-0.1, -0.05) is 35.5 Å². The van der Waals surface area contributed by atoms with Crippen molar-refractivity contribution in [1.82, 2.24) is 10.3 Å². The van der Waals surface area contributed by atoms with Gasteiger partial charge in [-0.25, -0.2) is 14.6 Å². The molecule has 2 aromatic rings. The number of carbonyl (C=O) groups is 4. The van der Waals surface area contributed by atoms with Gasteiger partial charge in [-0.05, 0) is 32.8 Å². The number of carbonyl (C=O) groups excluding carboxylic acids is 4. The van der Waals surface area contributed by atoms with Crippen LogP contribution in [0, 0.1) is 5.92 Å². The van der Waals surface area contributed by atoms with Crippen LogP contribution in [0.2, 0.25) is 0 Å². The first kappa shape index (κ1) is 29.2. The molecule has 1 aromatic heterocycles. The highest BCUT2D eigenvalue weighted by Crippen LogP contribution is 2.37. The second-order valence-corrected chi connectivity index (χ2v) is 11.5. The van der Waals surface area contributed by atoms with Crippen LogP contribution in [0.15, 0.2) is 40.9 Å². The molecular weight excluding hydrogens is 538 g/mol. The highest BCUT2D eigenvalue weighted by molar-refractivity contribution is 7.14. The lowest BCUT2D eigenvalue weighted by Crippen LogP contribution is -2.61. The Hall–Kier alpha value is -3.84. The molecule has 1 aromatic carbocycles. The van der Waals surface area contributed by atoms with E-state index in [0.717, 1.165) is 23.3 Å². The molecule has 2 aliphatic rings. The Bertz CT molecular complexity index is 1280. The zero-order valence-corrected chi connectivity index (χ0v) is 23.4. The van der Waals surface area contributed by atoms with Crippen molar-refractivity contribution in [3.63, 3.8) is 0 Å². The molecular formula is C27H33N5O7S. The largest absolute Gasteiger partial charge is 0.458 e. The Morgan fingerprint density at radius 1 is 1.23 bits per heavy atom. The van der Waals surface area contributed by atoms with Gasteiger partial charge in [0.1, 0.15) is 17.9 Å². The van der Waals surface area contributed by atoms with E-state index in [4.69, 9.17) is 20.0 Å². The lowest BCUT2D eigenvalue weighted by atomic mass is 9.80. The van der Waals surface area contributed by atoms with Gasteiger partial charge in [0.25, 0.3) is 0 Å². The number of hydrogen-bond donors (Lipinski definition) is 3. The molecule has 2 atom stereocenters. The Balaban J connectivity index is 1.52. The molecule has 1 aliphatic heterocycles. The van der Waals surface area contributed by atoms with E-state index in [2.05, 4.69) is 20.8 Å². The first-order valence-corrected chi connectivity index (χ1v) is 13.8. The molecule has 2 fully saturated rings. The van der Waals surface area contributed by atoms with Gasteiger partial charge in [0.15, 0.2) is 16.6 Å². The van der Waals surface area contributed by atoms with Crippen LogP contribution < -0.4 is 16.4 Å². The molecule has 1 saturated heterocycles. The molecule has 214 valence electrons. The van der Waals surface area contributed by atoms with Crippen LogP contribution in [-0.4, -0.2) is 58.2 Å². The number of esters is 1. The minimum atomic E-state index is -1.33. The molecule has 4 N–H and O–H groups in total. The summed E-state index contributed by atoms with van der Waals surface area (Å²) in [5.74, 6) is -1.99. The number of nitrogens with zero attached hydrogens (tertiary/aromatic N) is 2. The number of benzene rings is 1.